The first-order valence-electron chi connectivity index (χ1n) is 8.24. The molecular formula is C16H34N2O2. The van der Waals surface area contributed by atoms with E-state index in [2.05, 4.69) is 18.7 Å². The van der Waals surface area contributed by atoms with E-state index in [-0.39, 0.29) is 5.54 Å². The Kier molecular flexibility index (Phi) is 8.69. The maximum absolute atomic E-state index is 6.15. The molecule has 0 radical (unpaired) electrons. The molecule has 0 atom stereocenters. The van der Waals surface area contributed by atoms with Gasteiger partial charge in [0.25, 0.3) is 0 Å². The van der Waals surface area contributed by atoms with Gasteiger partial charge in [-0.1, -0.05) is 20.3 Å². The summed E-state index contributed by atoms with van der Waals surface area (Å²) in [6.07, 6.45) is 6.46. The van der Waals surface area contributed by atoms with E-state index >= 15 is 0 Å². The van der Waals surface area contributed by atoms with Crippen molar-refractivity contribution in [2.45, 2.75) is 51.5 Å². The minimum atomic E-state index is 0.213. The van der Waals surface area contributed by atoms with E-state index in [0.717, 1.165) is 32.2 Å². The SMILES string of the molecule is CCC1CCC(CN)(N(CC)CCOCCOC)CC1. The maximum atomic E-state index is 6.15. The second-order valence-electron chi connectivity index (χ2n) is 5.96. The molecule has 2 N–H and O–H groups in total. The number of nitrogens with two attached hydrogens (primary N) is 1. The molecule has 0 heterocycles. The molecule has 0 aromatic heterocycles. The first-order chi connectivity index (χ1) is 9.72. The molecule has 1 aliphatic rings. The summed E-state index contributed by atoms with van der Waals surface area (Å²) in [7, 11) is 1.71. The lowest BCUT2D eigenvalue weighted by Gasteiger charge is -2.47. The zero-order chi connectivity index (χ0) is 14.8. The number of likely N-dealkylation sites (N-methyl/N-ethyl adjacent to an activating group) is 1. The highest BCUT2D eigenvalue weighted by Gasteiger charge is 2.37. The molecular weight excluding hydrogens is 252 g/mol. The van der Waals surface area contributed by atoms with Crippen LogP contribution in [0, 0.1) is 5.92 Å². The molecule has 0 bridgehead atoms. The Morgan fingerprint density at radius 3 is 2.35 bits per heavy atom. The Labute approximate surface area is 125 Å². The number of ether oxygens (including phenoxy) is 2. The molecule has 1 fully saturated rings. The van der Waals surface area contributed by atoms with E-state index in [1.54, 1.807) is 7.11 Å². The van der Waals surface area contributed by atoms with E-state index in [1.165, 1.54) is 32.1 Å². The van der Waals surface area contributed by atoms with Crippen LogP contribution in [-0.2, 0) is 9.47 Å². The number of hydrogen-bond acceptors (Lipinski definition) is 4. The van der Waals surface area contributed by atoms with Crippen LogP contribution >= 0.6 is 0 Å². The second kappa shape index (κ2) is 9.72. The second-order valence-corrected chi connectivity index (χ2v) is 5.96. The quantitative estimate of drug-likeness (QED) is 0.626. The minimum Gasteiger partial charge on any atom is -0.382 e. The van der Waals surface area contributed by atoms with Crippen molar-refractivity contribution < 1.29 is 9.47 Å². The molecule has 0 aromatic carbocycles. The Balaban J connectivity index is 2.43. The van der Waals surface area contributed by atoms with Crippen molar-refractivity contribution in [2.24, 2.45) is 11.7 Å². The fraction of sp³-hybridized carbons (Fsp3) is 1.00. The molecule has 0 saturated heterocycles. The van der Waals surface area contributed by atoms with Crippen LogP contribution in [0.4, 0.5) is 0 Å². The van der Waals surface area contributed by atoms with Gasteiger partial charge < -0.3 is 15.2 Å². The molecule has 1 saturated carbocycles. The van der Waals surface area contributed by atoms with E-state index in [0.29, 0.717) is 13.2 Å². The molecule has 0 aliphatic heterocycles. The van der Waals surface area contributed by atoms with Gasteiger partial charge in [-0.25, -0.2) is 0 Å². The molecule has 0 unspecified atom stereocenters. The normalized spacial score (nSPS) is 27.1. The maximum Gasteiger partial charge on any atom is 0.0700 e. The van der Waals surface area contributed by atoms with Crippen LogP contribution in [0.2, 0.25) is 0 Å². The van der Waals surface area contributed by atoms with Crippen molar-refractivity contribution in [3.8, 4) is 0 Å². The Hall–Kier alpha value is -0.160. The van der Waals surface area contributed by atoms with Crippen LogP contribution in [0.25, 0.3) is 0 Å². The van der Waals surface area contributed by atoms with Crippen LogP contribution in [0.3, 0.4) is 0 Å². The van der Waals surface area contributed by atoms with Crippen LogP contribution in [-0.4, -0.2) is 57.0 Å². The van der Waals surface area contributed by atoms with Crippen LogP contribution in [0.1, 0.15) is 46.0 Å². The van der Waals surface area contributed by atoms with Gasteiger partial charge in [-0.05, 0) is 38.1 Å². The van der Waals surface area contributed by atoms with Crippen LogP contribution in [0.5, 0.6) is 0 Å². The van der Waals surface area contributed by atoms with E-state index < -0.39 is 0 Å². The third-order valence-electron chi connectivity index (χ3n) is 4.98. The largest absolute Gasteiger partial charge is 0.382 e. The smallest absolute Gasteiger partial charge is 0.0700 e. The highest BCUT2D eigenvalue weighted by atomic mass is 16.5. The minimum absolute atomic E-state index is 0.213. The van der Waals surface area contributed by atoms with Crippen molar-refractivity contribution >= 4 is 0 Å². The van der Waals surface area contributed by atoms with Crippen molar-refractivity contribution in [3.05, 3.63) is 0 Å². The van der Waals surface area contributed by atoms with Gasteiger partial charge in [0, 0.05) is 25.7 Å². The number of rotatable bonds is 10. The lowest BCUT2D eigenvalue weighted by atomic mass is 9.74. The Morgan fingerprint density at radius 1 is 1.15 bits per heavy atom. The van der Waals surface area contributed by atoms with Crippen molar-refractivity contribution in [1.29, 1.82) is 0 Å². The molecule has 1 rings (SSSR count). The Morgan fingerprint density at radius 2 is 1.85 bits per heavy atom. The molecule has 120 valence electrons. The summed E-state index contributed by atoms with van der Waals surface area (Å²) in [5.74, 6) is 0.909. The summed E-state index contributed by atoms with van der Waals surface area (Å²) in [5.41, 5.74) is 6.36. The van der Waals surface area contributed by atoms with Crippen LogP contribution < -0.4 is 5.73 Å². The molecule has 0 spiro atoms. The van der Waals surface area contributed by atoms with Gasteiger partial charge in [-0.2, -0.15) is 0 Å². The van der Waals surface area contributed by atoms with Crippen molar-refractivity contribution in [1.82, 2.24) is 4.90 Å². The average molecular weight is 286 g/mol. The Bertz CT molecular complexity index is 241. The predicted octanol–water partition coefficient (Wildman–Crippen LogP) is 2.27. The monoisotopic (exact) mass is 286 g/mol. The first-order valence-corrected chi connectivity index (χ1v) is 8.24. The zero-order valence-corrected chi connectivity index (χ0v) is 13.7. The molecule has 4 nitrogen and oxygen atoms in total. The lowest BCUT2D eigenvalue weighted by Crippen LogP contribution is -2.56. The molecule has 20 heavy (non-hydrogen) atoms. The highest BCUT2D eigenvalue weighted by molar-refractivity contribution is 4.95. The molecule has 0 aromatic rings. The van der Waals surface area contributed by atoms with Gasteiger partial charge in [-0.3, -0.25) is 4.90 Å². The lowest BCUT2D eigenvalue weighted by molar-refractivity contribution is 0.00752. The molecule has 1 aliphatic carbocycles. The number of hydrogen-bond donors (Lipinski definition) is 1. The third kappa shape index (κ3) is 4.99. The van der Waals surface area contributed by atoms with Gasteiger partial charge >= 0.3 is 0 Å². The summed E-state index contributed by atoms with van der Waals surface area (Å²) in [6, 6.07) is 0. The fourth-order valence-electron chi connectivity index (χ4n) is 3.42. The third-order valence-corrected chi connectivity index (χ3v) is 4.98. The van der Waals surface area contributed by atoms with Gasteiger partial charge in [0.15, 0.2) is 0 Å². The van der Waals surface area contributed by atoms with Gasteiger partial charge in [0.2, 0.25) is 0 Å². The topological polar surface area (TPSA) is 47.7 Å². The van der Waals surface area contributed by atoms with Gasteiger partial charge in [0.1, 0.15) is 0 Å². The first kappa shape index (κ1) is 17.9. The molecule has 4 heteroatoms. The van der Waals surface area contributed by atoms with Crippen molar-refractivity contribution in [2.75, 3.05) is 46.6 Å². The number of methoxy groups -OCH3 is 1. The van der Waals surface area contributed by atoms with E-state index in [9.17, 15) is 0 Å². The van der Waals surface area contributed by atoms with Gasteiger partial charge in [0.05, 0.1) is 19.8 Å². The van der Waals surface area contributed by atoms with Crippen molar-refractivity contribution in [3.63, 3.8) is 0 Å². The van der Waals surface area contributed by atoms with E-state index in [4.69, 9.17) is 15.2 Å². The van der Waals surface area contributed by atoms with E-state index in [1.807, 2.05) is 0 Å². The highest BCUT2D eigenvalue weighted by Crippen LogP contribution is 2.37. The fourth-order valence-corrected chi connectivity index (χ4v) is 3.42. The summed E-state index contributed by atoms with van der Waals surface area (Å²) in [6.45, 7) is 9.48. The zero-order valence-electron chi connectivity index (χ0n) is 13.7. The standard InChI is InChI=1S/C16H34N2O2/c1-4-15-6-8-16(14-17,9-7-15)18(5-2)10-11-20-13-12-19-3/h15H,4-14,17H2,1-3H3. The number of nitrogens with zero attached hydrogens (tertiary/aromatic N) is 1. The predicted molar refractivity (Wildman–Crippen MR) is 84.0 cm³/mol. The average Bonchev–Trinajstić information content (AvgIpc) is 2.51. The summed E-state index contributed by atoms with van der Waals surface area (Å²) < 4.78 is 10.6. The summed E-state index contributed by atoms with van der Waals surface area (Å²) >= 11 is 0. The van der Waals surface area contributed by atoms with Gasteiger partial charge in [-0.15, -0.1) is 0 Å². The molecule has 0 amide bonds. The summed E-state index contributed by atoms with van der Waals surface area (Å²) in [4.78, 5) is 2.55. The summed E-state index contributed by atoms with van der Waals surface area (Å²) in [5, 5.41) is 0. The van der Waals surface area contributed by atoms with Crippen LogP contribution in [0.15, 0.2) is 0 Å².